The van der Waals surface area contributed by atoms with Gasteiger partial charge in [-0.05, 0) is 32.0 Å². The summed E-state index contributed by atoms with van der Waals surface area (Å²) in [6.45, 7) is 3.81. The lowest BCUT2D eigenvalue weighted by Crippen LogP contribution is -2.21. The number of likely N-dealkylation sites (N-methyl/N-ethyl adjacent to an activating group) is 1. The SMILES string of the molecule is CC(Nc1ncc(N)c(-c2c[nH]c3ncc(C(F)(F)F)cc23)n1)c1ccc(O[C@@H]2CCN(C)C2)nc1. The number of fused-ring (bicyclic) bond motifs is 1. The van der Waals surface area contributed by atoms with Crippen molar-refractivity contribution in [2.75, 3.05) is 31.2 Å². The molecule has 0 spiro atoms. The van der Waals surface area contributed by atoms with Crippen LogP contribution in [0.25, 0.3) is 22.3 Å². The number of nitrogens with two attached hydrogens (primary N) is 1. The zero-order valence-corrected chi connectivity index (χ0v) is 19.7. The largest absolute Gasteiger partial charge is 0.473 e. The first-order valence-corrected chi connectivity index (χ1v) is 11.4. The number of H-pyrrole nitrogens is 1. The van der Waals surface area contributed by atoms with Crippen LogP contribution in [0.4, 0.5) is 24.8 Å². The smallest absolute Gasteiger partial charge is 0.417 e. The van der Waals surface area contributed by atoms with Crippen molar-refractivity contribution in [3.05, 3.63) is 54.1 Å². The van der Waals surface area contributed by atoms with E-state index in [9.17, 15) is 13.2 Å². The van der Waals surface area contributed by atoms with Crippen LogP contribution in [-0.2, 0) is 6.18 Å². The number of halogens is 3. The van der Waals surface area contributed by atoms with E-state index < -0.39 is 11.7 Å². The van der Waals surface area contributed by atoms with Crippen LogP contribution in [0.5, 0.6) is 5.88 Å². The van der Waals surface area contributed by atoms with E-state index in [1.165, 1.54) is 12.4 Å². The van der Waals surface area contributed by atoms with E-state index in [0.717, 1.165) is 37.3 Å². The molecule has 12 heteroatoms. The maximum Gasteiger partial charge on any atom is 0.417 e. The molecule has 0 amide bonds. The molecule has 0 aliphatic carbocycles. The Labute approximate surface area is 204 Å². The minimum absolute atomic E-state index is 0.137. The lowest BCUT2D eigenvalue weighted by molar-refractivity contribution is -0.137. The summed E-state index contributed by atoms with van der Waals surface area (Å²) >= 11 is 0. The third kappa shape index (κ3) is 4.89. The Morgan fingerprint density at radius 1 is 1.19 bits per heavy atom. The molecule has 1 aliphatic heterocycles. The number of ether oxygens (including phenoxy) is 1. The third-order valence-corrected chi connectivity index (χ3v) is 6.17. The van der Waals surface area contributed by atoms with Crippen LogP contribution in [0.3, 0.4) is 0 Å². The number of hydrogen-bond acceptors (Lipinski definition) is 8. The lowest BCUT2D eigenvalue weighted by atomic mass is 10.1. The first-order valence-electron chi connectivity index (χ1n) is 11.4. The highest BCUT2D eigenvalue weighted by Crippen LogP contribution is 2.35. The standard InChI is InChI=1S/C24H25F3N8O/c1-13(14-3-4-20(29-8-14)36-16-5-6-35(2)12-16)33-23-32-11-19(28)21(34-23)18-10-31-22-17(18)7-15(9-30-22)24(25,26)27/h3-4,7-11,13,16H,5-6,12,28H2,1-2H3,(H,30,31)(H,32,33,34)/t13?,16-/m1/s1. The van der Waals surface area contributed by atoms with E-state index in [1.807, 2.05) is 19.1 Å². The van der Waals surface area contributed by atoms with Crippen LogP contribution in [0.2, 0.25) is 0 Å². The second kappa shape index (κ2) is 9.26. The van der Waals surface area contributed by atoms with Crippen molar-refractivity contribution in [1.29, 1.82) is 0 Å². The van der Waals surface area contributed by atoms with Gasteiger partial charge < -0.3 is 25.7 Å². The van der Waals surface area contributed by atoms with Crippen molar-refractivity contribution >= 4 is 22.7 Å². The van der Waals surface area contributed by atoms with Gasteiger partial charge in [-0.15, -0.1) is 0 Å². The minimum atomic E-state index is -4.52. The van der Waals surface area contributed by atoms with Gasteiger partial charge in [0.25, 0.3) is 0 Å². The van der Waals surface area contributed by atoms with Gasteiger partial charge >= 0.3 is 6.18 Å². The normalized spacial score (nSPS) is 17.4. The number of nitrogen functional groups attached to an aromatic ring is 1. The molecule has 5 rings (SSSR count). The topological polar surface area (TPSA) is 118 Å². The number of nitrogens with zero attached hydrogens (tertiary/aromatic N) is 5. The molecule has 4 N–H and O–H groups in total. The summed E-state index contributed by atoms with van der Waals surface area (Å²) in [5.74, 6) is 0.846. The van der Waals surface area contributed by atoms with E-state index in [2.05, 4.69) is 42.2 Å². The van der Waals surface area contributed by atoms with Gasteiger partial charge in [0.05, 0.1) is 23.5 Å². The van der Waals surface area contributed by atoms with E-state index in [4.69, 9.17) is 10.5 Å². The molecule has 0 aromatic carbocycles. The summed E-state index contributed by atoms with van der Waals surface area (Å²) < 4.78 is 45.6. The Balaban J connectivity index is 1.35. The Morgan fingerprint density at radius 3 is 2.72 bits per heavy atom. The molecular formula is C24H25F3N8O. The summed E-state index contributed by atoms with van der Waals surface area (Å²) in [6, 6.07) is 4.57. The maximum atomic E-state index is 13.2. The Kier molecular flexibility index (Phi) is 6.12. The molecule has 188 valence electrons. The van der Waals surface area contributed by atoms with E-state index in [0.29, 0.717) is 22.8 Å². The quantitative estimate of drug-likeness (QED) is 0.361. The van der Waals surface area contributed by atoms with Crippen molar-refractivity contribution < 1.29 is 17.9 Å². The van der Waals surface area contributed by atoms with Crippen molar-refractivity contribution in [2.45, 2.75) is 31.7 Å². The van der Waals surface area contributed by atoms with Gasteiger partial charge in [-0.2, -0.15) is 13.2 Å². The van der Waals surface area contributed by atoms with Gasteiger partial charge in [-0.3, -0.25) is 0 Å². The van der Waals surface area contributed by atoms with E-state index in [1.54, 1.807) is 6.20 Å². The number of aromatic amines is 1. The number of alkyl halides is 3. The Hall–Kier alpha value is -3.93. The van der Waals surface area contributed by atoms with Crippen LogP contribution in [0, 0.1) is 0 Å². The predicted molar refractivity (Wildman–Crippen MR) is 129 cm³/mol. The summed E-state index contributed by atoms with van der Waals surface area (Å²) in [7, 11) is 2.06. The molecule has 0 bridgehead atoms. The van der Waals surface area contributed by atoms with Gasteiger partial charge in [0, 0.05) is 48.7 Å². The van der Waals surface area contributed by atoms with Crippen molar-refractivity contribution in [3.63, 3.8) is 0 Å². The van der Waals surface area contributed by atoms with Crippen molar-refractivity contribution in [3.8, 4) is 17.1 Å². The van der Waals surface area contributed by atoms with Crippen LogP contribution in [0.1, 0.15) is 30.5 Å². The van der Waals surface area contributed by atoms with Crippen LogP contribution in [0.15, 0.2) is 43.0 Å². The first-order chi connectivity index (χ1) is 17.2. The highest BCUT2D eigenvalue weighted by atomic mass is 19.4. The maximum absolute atomic E-state index is 13.2. The Bertz CT molecular complexity index is 1370. The number of aromatic nitrogens is 5. The molecule has 0 saturated carbocycles. The number of pyridine rings is 2. The summed E-state index contributed by atoms with van der Waals surface area (Å²) in [6.07, 6.45) is 2.07. The van der Waals surface area contributed by atoms with Gasteiger partial charge in [-0.1, -0.05) is 6.07 Å². The van der Waals surface area contributed by atoms with Gasteiger partial charge in [0.1, 0.15) is 17.4 Å². The average Bonchev–Trinajstić information content (AvgIpc) is 3.45. The van der Waals surface area contributed by atoms with E-state index >= 15 is 0 Å². The molecule has 1 aliphatic rings. The molecule has 4 aromatic rings. The summed E-state index contributed by atoms with van der Waals surface area (Å²) in [5.41, 5.74) is 7.37. The zero-order valence-electron chi connectivity index (χ0n) is 19.7. The summed E-state index contributed by atoms with van der Waals surface area (Å²) in [4.78, 5) is 22.1. The van der Waals surface area contributed by atoms with Crippen molar-refractivity contribution in [2.24, 2.45) is 0 Å². The molecule has 4 aromatic heterocycles. The fourth-order valence-corrected chi connectivity index (χ4v) is 4.19. The third-order valence-electron chi connectivity index (χ3n) is 6.17. The number of nitrogens with one attached hydrogen (secondary N) is 2. The lowest BCUT2D eigenvalue weighted by Gasteiger charge is -2.16. The number of anilines is 2. The second-order valence-corrected chi connectivity index (χ2v) is 8.90. The molecule has 9 nitrogen and oxygen atoms in total. The number of hydrogen-bond donors (Lipinski definition) is 3. The average molecular weight is 499 g/mol. The molecule has 1 fully saturated rings. The molecular weight excluding hydrogens is 473 g/mol. The summed E-state index contributed by atoms with van der Waals surface area (Å²) in [5, 5.41) is 3.46. The second-order valence-electron chi connectivity index (χ2n) is 8.90. The molecule has 1 saturated heterocycles. The minimum Gasteiger partial charge on any atom is -0.473 e. The van der Waals surface area contributed by atoms with Crippen LogP contribution >= 0.6 is 0 Å². The molecule has 5 heterocycles. The molecule has 1 unspecified atom stereocenters. The van der Waals surface area contributed by atoms with Crippen LogP contribution in [-0.4, -0.2) is 56.1 Å². The highest BCUT2D eigenvalue weighted by molar-refractivity contribution is 5.95. The molecule has 0 radical (unpaired) electrons. The highest BCUT2D eigenvalue weighted by Gasteiger charge is 2.31. The van der Waals surface area contributed by atoms with Gasteiger partial charge in [0.2, 0.25) is 11.8 Å². The van der Waals surface area contributed by atoms with Crippen molar-refractivity contribution in [1.82, 2.24) is 29.8 Å². The molecule has 2 atom stereocenters. The van der Waals surface area contributed by atoms with Gasteiger partial charge in [0.15, 0.2) is 0 Å². The van der Waals surface area contributed by atoms with Gasteiger partial charge in [-0.25, -0.2) is 19.9 Å². The Morgan fingerprint density at radius 2 is 2.03 bits per heavy atom. The fourth-order valence-electron chi connectivity index (χ4n) is 4.19. The number of rotatable bonds is 6. The number of likely N-dealkylation sites (tertiary alicyclic amines) is 1. The monoisotopic (exact) mass is 498 g/mol. The predicted octanol–water partition coefficient (Wildman–Crippen LogP) is 4.27. The van der Waals surface area contributed by atoms with Crippen LogP contribution < -0.4 is 15.8 Å². The van der Waals surface area contributed by atoms with E-state index in [-0.39, 0.29) is 29.2 Å². The molecule has 36 heavy (non-hydrogen) atoms. The fraction of sp³-hybridized carbons (Fsp3) is 0.333. The zero-order chi connectivity index (χ0) is 25.4. The first kappa shape index (κ1) is 23.8.